The van der Waals surface area contributed by atoms with E-state index in [4.69, 9.17) is 13.9 Å². The lowest BCUT2D eigenvalue weighted by Crippen LogP contribution is -2.22. The first-order chi connectivity index (χ1) is 12.4. The minimum atomic E-state index is -1.14. The predicted molar refractivity (Wildman–Crippen MR) is 89.0 cm³/mol. The summed E-state index contributed by atoms with van der Waals surface area (Å²) in [4.78, 5) is 22.8. The van der Waals surface area contributed by atoms with Crippen molar-refractivity contribution in [3.63, 3.8) is 0 Å². The average Bonchev–Trinajstić information content (AvgIpc) is 3.23. The molecule has 1 aliphatic heterocycles. The van der Waals surface area contributed by atoms with Crippen LogP contribution in [0.25, 0.3) is 0 Å². The number of nitrogens with one attached hydrogen (secondary N) is 1. The van der Waals surface area contributed by atoms with Crippen molar-refractivity contribution < 1.29 is 28.6 Å². The van der Waals surface area contributed by atoms with Crippen molar-refractivity contribution >= 4 is 17.6 Å². The van der Waals surface area contributed by atoms with E-state index in [0.29, 0.717) is 39.9 Å². The largest absolute Gasteiger partial charge is 0.550 e. The zero-order valence-corrected chi connectivity index (χ0v) is 14.3. The predicted octanol–water partition coefficient (Wildman–Crippen LogP) is 1.15. The number of carbonyl (C=O) groups is 2. The number of ether oxygens (including phenoxy) is 2. The van der Waals surface area contributed by atoms with Crippen molar-refractivity contribution in [2.75, 3.05) is 6.79 Å². The van der Waals surface area contributed by atoms with Gasteiger partial charge in [0.1, 0.15) is 11.5 Å². The van der Waals surface area contributed by atoms with Gasteiger partial charge in [0.25, 0.3) is 5.91 Å². The van der Waals surface area contributed by atoms with Crippen LogP contribution in [0.2, 0.25) is 0 Å². The van der Waals surface area contributed by atoms with Crippen LogP contribution in [0, 0.1) is 6.92 Å². The number of aryl methyl sites for hydroxylation is 2. The van der Waals surface area contributed by atoms with Gasteiger partial charge in [-0.2, -0.15) is 5.10 Å². The van der Waals surface area contributed by atoms with Crippen LogP contribution in [0.15, 0.2) is 33.8 Å². The second-order valence-corrected chi connectivity index (χ2v) is 5.76. The van der Waals surface area contributed by atoms with Crippen molar-refractivity contribution in [1.82, 2.24) is 5.43 Å². The second kappa shape index (κ2) is 7.30. The van der Waals surface area contributed by atoms with Crippen molar-refractivity contribution in [2.24, 2.45) is 5.10 Å². The van der Waals surface area contributed by atoms with Crippen LogP contribution >= 0.6 is 0 Å². The summed E-state index contributed by atoms with van der Waals surface area (Å²) in [6.45, 7) is 3.61. The molecule has 0 bridgehead atoms. The Labute approximate surface area is 149 Å². The van der Waals surface area contributed by atoms with Gasteiger partial charge < -0.3 is 23.8 Å². The zero-order chi connectivity index (χ0) is 18.7. The fourth-order valence-electron chi connectivity index (χ4n) is 2.55. The Bertz CT molecular complexity index is 884. The second-order valence-electron chi connectivity index (χ2n) is 5.76. The van der Waals surface area contributed by atoms with Gasteiger partial charge >= 0.3 is 0 Å². The molecule has 1 aromatic heterocycles. The van der Waals surface area contributed by atoms with E-state index in [9.17, 15) is 14.7 Å². The fraction of sp³-hybridized carbons (Fsp3) is 0.278. The van der Waals surface area contributed by atoms with Crippen LogP contribution in [0.3, 0.4) is 0 Å². The van der Waals surface area contributed by atoms with E-state index >= 15 is 0 Å². The molecule has 1 N–H and O–H groups in total. The van der Waals surface area contributed by atoms with Crippen LogP contribution < -0.4 is 20.0 Å². The molecule has 3 rings (SSSR count). The number of amides is 1. The molecule has 26 heavy (non-hydrogen) atoms. The minimum absolute atomic E-state index is 0.122. The Morgan fingerprint density at radius 1 is 1.23 bits per heavy atom. The molecule has 0 spiro atoms. The molecule has 0 fully saturated rings. The Morgan fingerprint density at radius 2 is 2.00 bits per heavy atom. The van der Waals surface area contributed by atoms with E-state index < -0.39 is 5.97 Å². The molecular formula is C18H17N2O6-. The van der Waals surface area contributed by atoms with Crippen molar-refractivity contribution in [3.05, 3.63) is 46.9 Å². The summed E-state index contributed by atoms with van der Waals surface area (Å²) < 4.78 is 16.0. The third kappa shape index (κ3) is 3.85. The van der Waals surface area contributed by atoms with Crippen LogP contribution in [0.5, 0.6) is 11.5 Å². The molecule has 136 valence electrons. The number of fused-ring (bicyclic) bond motifs is 1. The maximum Gasteiger partial charge on any atom is 0.271 e. The number of nitrogens with zero attached hydrogens (tertiary/aromatic N) is 1. The summed E-state index contributed by atoms with van der Waals surface area (Å²) in [6.07, 6.45) is 0.115. The third-order valence-corrected chi connectivity index (χ3v) is 3.89. The third-order valence-electron chi connectivity index (χ3n) is 3.89. The van der Waals surface area contributed by atoms with Crippen LogP contribution in [-0.4, -0.2) is 24.4 Å². The van der Waals surface area contributed by atoms with Crippen LogP contribution in [0.1, 0.15) is 40.8 Å². The standard InChI is InChI=1S/C18H18N2O6/c1-10(14-8-13(26-11(14)2)4-6-17(21)22)19-20-18(23)12-3-5-15-16(7-12)25-9-24-15/h3,5,7-8H,4,6,9H2,1-2H3,(H,20,23)(H,21,22)/p-1/b19-10-. The zero-order valence-electron chi connectivity index (χ0n) is 14.3. The molecule has 2 heterocycles. The summed E-state index contributed by atoms with van der Waals surface area (Å²) in [7, 11) is 0. The smallest absolute Gasteiger partial charge is 0.271 e. The van der Waals surface area contributed by atoms with Gasteiger partial charge in [-0.05, 0) is 44.5 Å². The van der Waals surface area contributed by atoms with Crippen molar-refractivity contribution in [2.45, 2.75) is 26.7 Å². The molecule has 8 heteroatoms. The average molecular weight is 357 g/mol. The van der Waals surface area contributed by atoms with Gasteiger partial charge in [0.2, 0.25) is 6.79 Å². The number of rotatable bonds is 6. The van der Waals surface area contributed by atoms with Gasteiger partial charge in [-0.15, -0.1) is 0 Å². The van der Waals surface area contributed by atoms with Crippen LogP contribution in [0.4, 0.5) is 0 Å². The van der Waals surface area contributed by atoms with E-state index in [1.807, 2.05) is 0 Å². The lowest BCUT2D eigenvalue weighted by molar-refractivity contribution is -0.305. The number of hydrogen-bond acceptors (Lipinski definition) is 7. The minimum Gasteiger partial charge on any atom is -0.550 e. The number of hydrogen-bond donors (Lipinski definition) is 1. The summed E-state index contributed by atoms with van der Waals surface area (Å²) >= 11 is 0. The topological polar surface area (TPSA) is 113 Å². The monoisotopic (exact) mass is 357 g/mol. The molecule has 0 atom stereocenters. The lowest BCUT2D eigenvalue weighted by Gasteiger charge is -2.03. The SMILES string of the molecule is C/C(=N/NC(=O)c1ccc2c(c1)OCO2)c1cc(CCC(=O)[O-])oc1C. The summed E-state index contributed by atoms with van der Waals surface area (Å²) in [5.41, 5.74) is 4.12. The van der Waals surface area contributed by atoms with E-state index in [2.05, 4.69) is 10.5 Å². The molecule has 8 nitrogen and oxygen atoms in total. The maximum atomic E-state index is 12.2. The van der Waals surface area contributed by atoms with Gasteiger partial charge in [-0.3, -0.25) is 4.79 Å². The summed E-state index contributed by atoms with van der Waals surface area (Å²) in [6, 6.07) is 6.58. The molecule has 0 saturated heterocycles. The highest BCUT2D eigenvalue weighted by Gasteiger charge is 2.16. The number of benzene rings is 1. The van der Waals surface area contributed by atoms with Gasteiger partial charge in [-0.25, -0.2) is 5.43 Å². The Hall–Kier alpha value is -3.29. The number of carboxylic acids is 1. The van der Waals surface area contributed by atoms with E-state index in [1.165, 1.54) is 0 Å². The Kier molecular flexibility index (Phi) is 4.92. The number of hydrazone groups is 1. The van der Waals surface area contributed by atoms with Crippen LogP contribution in [-0.2, 0) is 11.2 Å². The quantitative estimate of drug-likeness (QED) is 0.613. The lowest BCUT2D eigenvalue weighted by atomic mass is 10.1. The van der Waals surface area contributed by atoms with Crippen molar-refractivity contribution in [3.8, 4) is 11.5 Å². The number of carbonyl (C=O) groups excluding carboxylic acids is 2. The molecule has 0 saturated carbocycles. The van der Waals surface area contributed by atoms with E-state index in [1.54, 1.807) is 38.1 Å². The van der Waals surface area contributed by atoms with Gasteiger partial charge in [0.05, 0.1) is 5.71 Å². The summed E-state index contributed by atoms with van der Waals surface area (Å²) in [5.74, 6) is 0.708. The summed E-state index contributed by atoms with van der Waals surface area (Å²) in [5, 5.41) is 14.6. The first-order valence-electron chi connectivity index (χ1n) is 7.98. The number of aliphatic carboxylic acids is 1. The van der Waals surface area contributed by atoms with E-state index in [-0.39, 0.29) is 25.5 Å². The number of furan rings is 1. The highest BCUT2D eigenvalue weighted by Crippen LogP contribution is 2.32. The molecule has 1 amide bonds. The normalized spacial score (nSPS) is 12.9. The molecule has 0 radical (unpaired) electrons. The molecule has 1 aromatic carbocycles. The maximum absolute atomic E-state index is 12.2. The highest BCUT2D eigenvalue weighted by molar-refractivity contribution is 6.01. The first-order valence-corrected chi connectivity index (χ1v) is 7.98. The van der Waals surface area contributed by atoms with Crippen molar-refractivity contribution in [1.29, 1.82) is 0 Å². The molecule has 1 aliphatic rings. The van der Waals surface area contributed by atoms with Gasteiger partial charge in [0.15, 0.2) is 11.5 Å². The molecule has 0 aliphatic carbocycles. The van der Waals surface area contributed by atoms with E-state index in [0.717, 1.165) is 0 Å². The highest BCUT2D eigenvalue weighted by atomic mass is 16.7. The molecular weight excluding hydrogens is 340 g/mol. The Balaban J connectivity index is 1.68. The first kappa shape index (κ1) is 17.5. The Morgan fingerprint density at radius 3 is 2.77 bits per heavy atom. The fourth-order valence-corrected chi connectivity index (χ4v) is 2.55. The van der Waals surface area contributed by atoms with Gasteiger partial charge in [0, 0.05) is 23.5 Å². The molecule has 2 aromatic rings. The molecule has 0 unspecified atom stereocenters. The number of carboxylic acid groups (broad SMARTS) is 1. The van der Waals surface area contributed by atoms with Gasteiger partial charge in [-0.1, -0.05) is 0 Å².